The molecule has 180 valence electrons. The molecule has 35 heavy (non-hydrogen) atoms. The van der Waals surface area contributed by atoms with E-state index >= 15 is 0 Å². The number of nitrogens with zero attached hydrogens (tertiary/aromatic N) is 1. The zero-order valence-corrected chi connectivity index (χ0v) is 22.9. The van der Waals surface area contributed by atoms with Gasteiger partial charge in [-0.1, -0.05) is 88.3 Å². The second kappa shape index (κ2) is 12.1. The molecule has 0 amide bonds. The lowest BCUT2D eigenvalue weighted by Crippen LogP contribution is -1.83. The van der Waals surface area contributed by atoms with Crippen LogP contribution in [0.5, 0.6) is 0 Å². The Kier molecular flexibility index (Phi) is 8.46. The molecule has 0 bridgehead atoms. The zero-order valence-electron chi connectivity index (χ0n) is 20.5. The van der Waals surface area contributed by atoms with Crippen molar-refractivity contribution < 1.29 is 0 Å². The van der Waals surface area contributed by atoms with Gasteiger partial charge in [-0.2, -0.15) is 0 Å². The van der Waals surface area contributed by atoms with Crippen LogP contribution in [-0.4, -0.2) is 4.98 Å². The van der Waals surface area contributed by atoms with E-state index in [4.69, 9.17) is 4.98 Å². The summed E-state index contributed by atoms with van der Waals surface area (Å²) in [5, 5.41) is 1.09. The third-order valence-corrected chi connectivity index (χ3v) is 10.1. The largest absolute Gasteiger partial charge is 0.236 e. The topological polar surface area (TPSA) is 12.9 Å². The summed E-state index contributed by atoms with van der Waals surface area (Å²) in [5.74, 6) is 0. The first-order chi connectivity index (χ1) is 17.3. The normalized spacial score (nSPS) is 11.5. The van der Waals surface area contributed by atoms with Crippen LogP contribution >= 0.6 is 34.0 Å². The molecule has 0 N–H and O–H groups in total. The number of para-hydroxylation sites is 1. The molecule has 5 aromatic rings. The fraction of sp³-hybridized carbons (Fsp3) is 0.323. The van der Waals surface area contributed by atoms with Crippen molar-refractivity contribution in [3.05, 3.63) is 77.7 Å². The average molecular weight is 516 g/mol. The Hall–Kier alpha value is -2.27. The van der Waals surface area contributed by atoms with Gasteiger partial charge in [0.05, 0.1) is 10.2 Å². The van der Waals surface area contributed by atoms with E-state index in [1.165, 1.54) is 93.1 Å². The van der Waals surface area contributed by atoms with Crippen molar-refractivity contribution in [3.63, 3.8) is 0 Å². The first-order valence-corrected chi connectivity index (χ1v) is 15.4. The summed E-state index contributed by atoms with van der Waals surface area (Å²) >= 11 is 5.63. The number of rotatable bonds is 12. The molecule has 5 rings (SSSR count). The van der Waals surface area contributed by atoms with Gasteiger partial charge in [-0.3, -0.25) is 0 Å². The summed E-state index contributed by atoms with van der Waals surface area (Å²) in [6.45, 7) is 2.29. The fourth-order valence-corrected chi connectivity index (χ4v) is 7.60. The van der Waals surface area contributed by atoms with Crippen molar-refractivity contribution >= 4 is 44.2 Å². The Morgan fingerprint density at radius 3 is 2.03 bits per heavy atom. The monoisotopic (exact) mass is 515 g/mol. The second-order valence-corrected chi connectivity index (χ2v) is 12.5. The predicted molar refractivity (Wildman–Crippen MR) is 158 cm³/mol. The minimum atomic E-state index is 1.08. The molecule has 0 radical (unpaired) electrons. The first-order valence-electron chi connectivity index (χ1n) is 13.0. The lowest BCUT2D eigenvalue weighted by Gasteiger charge is -2.01. The SMILES string of the molecule is CCCCCCCCCCc1ccc(-c2ccc(-c3ccc(-c4nc5ccccc5s4)cc3)s2)s1. The maximum absolute atomic E-state index is 4.80. The summed E-state index contributed by atoms with van der Waals surface area (Å²) in [6.07, 6.45) is 12.3. The predicted octanol–water partition coefficient (Wildman–Crippen LogP) is 11.1. The maximum atomic E-state index is 4.80. The summed E-state index contributed by atoms with van der Waals surface area (Å²) in [5.41, 5.74) is 3.55. The molecule has 0 unspecified atom stereocenters. The molecular weight excluding hydrogens is 483 g/mol. The van der Waals surface area contributed by atoms with Crippen molar-refractivity contribution in [1.82, 2.24) is 4.98 Å². The van der Waals surface area contributed by atoms with Crippen LogP contribution in [0.1, 0.15) is 63.2 Å². The summed E-state index contributed by atoms with van der Waals surface area (Å²) in [6, 6.07) is 26.5. The van der Waals surface area contributed by atoms with Crippen LogP contribution in [0.4, 0.5) is 0 Å². The van der Waals surface area contributed by atoms with E-state index in [1.807, 2.05) is 22.7 Å². The third-order valence-electron chi connectivity index (χ3n) is 6.50. The van der Waals surface area contributed by atoms with Gasteiger partial charge in [-0.15, -0.1) is 34.0 Å². The van der Waals surface area contributed by atoms with E-state index in [0.29, 0.717) is 0 Å². The molecule has 3 aromatic heterocycles. The molecule has 0 aliphatic carbocycles. The van der Waals surface area contributed by atoms with Crippen molar-refractivity contribution in [2.45, 2.75) is 64.7 Å². The van der Waals surface area contributed by atoms with E-state index in [2.05, 4.69) is 79.7 Å². The molecule has 0 saturated carbocycles. The number of thiazole rings is 1. The molecule has 0 fully saturated rings. The third kappa shape index (κ3) is 6.30. The number of aryl methyl sites for hydroxylation is 1. The number of aromatic nitrogens is 1. The Morgan fingerprint density at radius 1 is 0.571 bits per heavy atom. The molecule has 1 nitrogen and oxygen atoms in total. The van der Waals surface area contributed by atoms with Crippen LogP contribution in [0.3, 0.4) is 0 Å². The van der Waals surface area contributed by atoms with Gasteiger partial charge in [0.25, 0.3) is 0 Å². The number of fused-ring (bicyclic) bond motifs is 1. The molecule has 0 aliphatic rings. The molecule has 4 heteroatoms. The highest BCUT2D eigenvalue weighted by atomic mass is 32.1. The Balaban J connectivity index is 1.16. The van der Waals surface area contributed by atoms with Gasteiger partial charge in [0.15, 0.2) is 0 Å². The van der Waals surface area contributed by atoms with Gasteiger partial charge in [0, 0.05) is 25.1 Å². The van der Waals surface area contributed by atoms with Gasteiger partial charge in [-0.25, -0.2) is 4.98 Å². The molecular formula is C31H33NS3. The molecule has 0 spiro atoms. The number of unbranched alkanes of at least 4 members (excludes halogenated alkanes) is 7. The van der Waals surface area contributed by atoms with Crippen LogP contribution in [0, 0.1) is 0 Å². The van der Waals surface area contributed by atoms with E-state index in [0.717, 1.165) is 10.5 Å². The van der Waals surface area contributed by atoms with Gasteiger partial charge < -0.3 is 0 Å². The zero-order chi connectivity index (χ0) is 23.9. The number of hydrogen-bond acceptors (Lipinski definition) is 4. The molecule has 2 aromatic carbocycles. The van der Waals surface area contributed by atoms with Crippen LogP contribution in [0.2, 0.25) is 0 Å². The highest BCUT2D eigenvalue weighted by molar-refractivity contribution is 7.24. The van der Waals surface area contributed by atoms with Crippen molar-refractivity contribution in [1.29, 1.82) is 0 Å². The molecule has 0 aliphatic heterocycles. The highest BCUT2D eigenvalue weighted by Gasteiger charge is 2.10. The smallest absolute Gasteiger partial charge is 0.124 e. The van der Waals surface area contributed by atoms with Gasteiger partial charge in [0.2, 0.25) is 0 Å². The highest BCUT2D eigenvalue weighted by Crippen LogP contribution is 2.39. The number of hydrogen-bond donors (Lipinski definition) is 0. The van der Waals surface area contributed by atoms with E-state index < -0.39 is 0 Å². The Bertz CT molecular complexity index is 1310. The Morgan fingerprint density at radius 2 is 1.23 bits per heavy atom. The fourth-order valence-electron chi connectivity index (χ4n) is 4.48. The number of benzene rings is 2. The van der Waals surface area contributed by atoms with Crippen LogP contribution in [0.25, 0.3) is 41.0 Å². The average Bonchev–Trinajstić information content (AvgIpc) is 3.65. The molecule has 3 heterocycles. The number of thiophene rings is 2. The summed E-state index contributed by atoms with van der Waals surface area (Å²) < 4.78 is 1.24. The minimum Gasteiger partial charge on any atom is -0.236 e. The summed E-state index contributed by atoms with van der Waals surface area (Å²) in [7, 11) is 0. The van der Waals surface area contributed by atoms with E-state index in [9.17, 15) is 0 Å². The van der Waals surface area contributed by atoms with Gasteiger partial charge in [0.1, 0.15) is 5.01 Å². The van der Waals surface area contributed by atoms with Gasteiger partial charge in [-0.05, 0) is 54.8 Å². The lowest BCUT2D eigenvalue weighted by molar-refractivity contribution is 0.576. The summed E-state index contributed by atoms with van der Waals surface area (Å²) in [4.78, 5) is 10.4. The standard InChI is InChI=1S/C31H33NS3/c1-2-3-4-5-6-7-8-9-12-25-19-20-29(33-25)30-22-21-27(34-30)23-15-17-24(18-16-23)31-32-26-13-10-11-14-28(26)35-31/h10-11,13-22H,2-9,12H2,1H3. The maximum Gasteiger partial charge on any atom is 0.124 e. The van der Waals surface area contributed by atoms with Gasteiger partial charge >= 0.3 is 0 Å². The lowest BCUT2D eigenvalue weighted by atomic mass is 10.1. The first kappa shape index (κ1) is 24.4. The second-order valence-electron chi connectivity index (χ2n) is 9.22. The van der Waals surface area contributed by atoms with Crippen LogP contribution in [0.15, 0.2) is 72.8 Å². The molecule has 0 saturated heterocycles. The van der Waals surface area contributed by atoms with Crippen molar-refractivity contribution in [3.8, 4) is 30.8 Å². The Labute approximate surface area is 221 Å². The van der Waals surface area contributed by atoms with E-state index in [-0.39, 0.29) is 0 Å². The minimum absolute atomic E-state index is 1.08. The van der Waals surface area contributed by atoms with E-state index in [1.54, 1.807) is 11.3 Å². The quantitative estimate of drug-likeness (QED) is 0.151. The van der Waals surface area contributed by atoms with Crippen LogP contribution in [-0.2, 0) is 6.42 Å². The van der Waals surface area contributed by atoms with Crippen molar-refractivity contribution in [2.24, 2.45) is 0 Å². The molecule has 0 atom stereocenters. The van der Waals surface area contributed by atoms with Crippen molar-refractivity contribution in [2.75, 3.05) is 0 Å². The van der Waals surface area contributed by atoms with Crippen LogP contribution < -0.4 is 0 Å².